The van der Waals surface area contributed by atoms with Crippen LogP contribution in [0.25, 0.3) is 0 Å². The van der Waals surface area contributed by atoms with Crippen LogP contribution in [0.15, 0.2) is 0 Å². The maximum atomic E-state index is 9.35. The highest BCUT2D eigenvalue weighted by Gasteiger charge is 2.01. The third-order valence-corrected chi connectivity index (χ3v) is 2.08. The van der Waals surface area contributed by atoms with Crippen LogP contribution in [0.1, 0.15) is 52.4 Å². The van der Waals surface area contributed by atoms with Gasteiger partial charge in [0.2, 0.25) is 0 Å². The minimum atomic E-state index is -0.833. The van der Waals surface area contributed by atoms with Gasteiger partial charge in [-0.1, -0.05) is 26.2 Å². The van der Waals surface area contributed by atoms with Gasteiger partial charge in [-0.15, -0.1) is 11.6 Å². The second kappa shape index (κ2) is 13.7. The van der Waals surface area contributed by atoms with Crippen LogP contribution in [0.4, 0.5) is 0 Å². The number of alkyl halides is 1. The number of hydrogen-bond acceptors (Lipinski definition) is 2. The number of aliphatic hydroxyl groups excluding tert-OH is 1. The van der Waals surface area contributed by atoms with Crippen molar-refractivity contribution in [3.63, 3.8) is 0 Å². The molecule has 0 aliphatic heterocycles. The highest BCUT2D eigenvalue weighted by atomic mass is 35.5. The Morgan fingerprint density at radius 2 is 1.73 bits per heavy atom. The van der Waals surface area contributed by atoms with Crippen molar-refractivity contribution in [1.82, 2.24) is 0 Å². The van der Waals surface area contributed by atoms with Crippen LogP contribution in [0.2, 0.25) is 0 Å². The summed E-state index contributed by atoms with van der Waals surface area (Å²) in [6.45, 7) is 3.26. The lowest BCUT2D eigenvalue weighted by molar-refractivity contribution is -0.134. The van der Waals surface area contributed by atoms with Gasteiger partial charge in [-0.3, -0.25) is 4.79 Å². The molecule has 2 N–H and O–H groups in total. The van der Waals surface area contributed by atoms with E-state index in [4.69, 9.17) is 21.5 Å². The number of rotatable bonds is 7. The molecule has 15 heavy (non-hydrogen) atoms. The van der Waals surface area contributed by atoms with E-state index in [1.165, 1.54) is 12.8 Å². The van der Waals surface area contributed by atoms with E-state index < -0.39 is 5.97 Å². The number of carbonyl (C=O) groups is 1. The van der Waals surface area contributed by atoms with Crippen LogP contribution in [-0.2, 0) is 4.79 Å². The van der Waals surface area contributed by atoms with Crippen LogP contribution in [0, 0.1) is 0 Å². The molecule has 0 amide bonds. The Hall–Kier alpha value is -0.280. The Labute approximate surface area is 97.4 Å². The third-order valence-electron chi connectivity index (χ3n) is 1.81. The molecule has 3 nitrogen and oxygen atoms in total. The Morgan fingerprint density at radius 3 is 2.13 bits per heavy atom. The first-order chi connectivity index (χ1) is 7.04. The van der Waals surface area contributed by atoms with Gasteiger partial charge in [-0.25, -0.2) is 0 Å². The summed E-state index contributed by atoms with van der Waals surface area (Å²) in [7, 11) is 0. The first kappa shape index (κ1) is 17.1. The molecule has 0 rings (SSSR count). The molecule has 0 radical (unpaired) electrons. The summed E-state index contributed by atoms with van der Waals surface area (Å²) in [5, 5.41) is 16.8. The summed E-state index contributed by atoms with van der Waals surface area (Å²) in [4.78, 5) is 9.00. The molecule has 1 atom stereocenters. The second-order valence-electron chi connectivity index (χ2n) is 3.50. The van der Waals surface area contributed by atoms with Crippen LogP contribution in [-0.4, -0.2) is 28.2 Å². The number of unbranched alkanes of at least 4 members (excludes halogenated alkanes) is 2. The van der Waals surface area contributed by atoms with Gasteiger partial charge in [-0.2, -0.15) is 0 Å². The maximum Gasteiger partial charge on any atom is 0.300 e. The molecule has 0 aromatic rings. The fraction of sp³-hybridized carbons (Fsp3) is 0.909. The second-order valence-corrected chi connectivity index (χ2v) is 3.88. The maximum absolute atomic E-state index is 9.35. The predicted octanol–water partition coefficient (Wildman–Crippen LogP) is 3.04. The first-order valence-electron chi connectivity index (χ1n) is 5.48. The zero-order valence-corrected chi connectivity index (χ0v) is 10.5. The van der Waals surface area contributed by atoms with Crippen LogP contribution >= 0.6 is 11.6 Å². The van der Waals surface area contributed by atoms with Crippen molar-refractivity contribution < 1.29 is 15.0 Å². The SMILES string of the molecule is CC(=O)O.CCCCCC(O)CCCCl. The number of aliphatic carboxylic acids is 1. The van der Waals surface area contributed by atoms with Gasteiger partial charge in [0.25, 0.3) is 5.97 Å². The zero-order valence-electron chi connectivity index (χ0n) is 9.71. The van der Waals surface area contributed by atoms with Crippen LogP contribution < -0.4 is 0 Å². The van der Waals surface area contributed by atoms with E-state index in [9.17, 15) is 5.11 Å². The molecule has 1 unspecified atom stereocenters. The lowest BCUT2D eigenvalue weighted by Crippen LogP contribution is -2.05. The fourth-order valence-corrected chi connectivity index (χ4v) is 1.24. The van der Waals surface area contributed by atoms with E-state index in [1.807, 2.05) is 0 Å². The van der Waals surface area contributed by atoms with Crippen molar-refractivity contribution >= 4 is 17.6 Å². The minimum Gasteiger partial charge on any atom is -0.481 e. The normalized spacial score (nSPS) is 11.5. The highest BCUT2D eigenvalue weighted by molar-refractivity contribution is 6.17. The summed E-state index contributed by atoms with van der Waals surface area (Å²) in [5.74, 6) is -0.162. The summed E-state index contributed by atoms with van der Waals surface area (Å²) < 4.78 is 0. The van der Waals surface area contributed by atoms with E-state index >= 15 is 0 Å². The lowest BCUT2D eigenvalue weighted by atomic mass is 10.1. The van der Waals surface area contributed by atoms with Crippen molar-refractivity contribution in [2.24, 2.45) is 0 Å². The number of hydrogen-bond donors (Lipinski definition) is 2. The van der Waals surface area contributed by atoms with Gasteiger partial charge in [0.15, 0.2) is 0 Å². The summed E-state index contributed by atoms with van der Waals surface area (Å²) >= 11 is 5.50. The van der Waals surface area contributed by atoms with Crippen molar-refractivity contribution in [2.75, 3.05) is 5.88 Å². The molecule has 0 spiro atoms. The van der Waals surface area contributed by atoms with E-state index in [-0.39, 0.29) is 6.10 Å². The summed E-state index contributed by atoms with van der Waals surface area (Å²) in [6, 6.07) is 0. The summed E-state index contributed by atoms with van der Waals surface area (Å²) in [5.41, 5.74) is 0. The van der Waals surface area contributed by atoms with E-state index in [0.29, 0.717) is 5.88 Å². The molecule has 0 saturated heterocycles. The number of carboxylic acids is 1. The van der Waals surface area contributed by atoms with Gasteiger partial charge in [0.05, 0.1) is 6.10 Å². The van der Waals surface area contributed by atoms with E-state index in [2.05, 4.69) is 6.92 Å². The van der Waals surface area contributed by atoms with E-state index in [1.54, 1.807) is 0 Å². The van der Waals surface area contributed by atoms with Gasteiger partial charge >= 0.3 is 0 Å². The fourth-order valence-electron chi connectivity index (χ4n) is 1.09. The smallest absolute Gasteiger partial charge is 0.300 e. The Balaban J connectivity index is 0. The molecular weight excluding hydrogens is 216 g/mol. The Morgan fingerprint density at radius 1 is 1.27 bits per heavy atom. The van der Waals surface area contributed by atoms with Gasteiger partial charge in [0.1, 0.15) is 0 Å². The van der Waals surface area contributed by atoms with Crippen LogP contribution in [0.5, 0.6) is 0 Å². The standard InChI is InChI=1S/C9H19ClO.C2H4O2/c1-2-3-4-6-9(11)7-5-8-10;1-2(3)4/h9,11H,2-8H2,1H3;1H3,(H,3,4). The number of carboxylic acid groups (broad SMARTS) is 1. The monoisotopic (exact) mass is 238 g/mol. The average Bonchev–Trinajstić information content (AvgIpc) is 2.14. The molecule has 0 aliphatic carbocycles. The molecule has 0 bridgehead atoms. The third kappa shape index (κ3) is 24.8. The molecule has 0 fully saturated rings. The predicted molar refractivity (Wildman–Crippen MR) is 63.4 cm³/mol. The quantitative estimate of drug-likeness (QED) is 0.530. The molecule has 0 aliphatic rings. The topological polar surface area (TPSA) is 57.5 Å². The molecule has 92 valence electrons. The number of halogens is 1. The van der Waals surface area contributed by atoms with Gasteiger partial charge < -0.3 is 10.2 Å². The van der Waals surface area contributed by atoms with Crippen molar-refractivity contribution in [3.8, 4) is 0 Å². The highest BCUT2D eigenvalue weighted by Crippen LogP contribution is 2.08. The average molecular weight is 239 g/mol. The molecule has 0 aromatic carbocycles. The first-order valence-corrected chi connectivity index (χ1v) is 6.01. The minimum absolute atomic E-state index is 0.111. The largest absolute Gasteiger partial charge is 0.481 e. The molecule has 0 aromatic heterocycles. The van der Waals surface area contributed by atoms with Crippen molar-refractivity contribution in [3.05, 3.63) is 0 Å². The molecule has 4 heteroatoms. The molecule has 0 saturated carbocycles. The van der Waals surface area contributed by atoms with Gasteiger partial charge in [-0.05, 0) is 19.3 Å². The Kier molecular flexibility index (Phi) is 15.7. The van der Waals surface area contributed by atoms with Crippen molar-refractivity contribution in [2.45, 2.75) is 58.5 Å². The lowest BCUT2D eigenvalue weighted by Gasteiger charge is -2.07. The summed E-state index contributed by atoms with van der Waals surface area (Å²) in [6.07, 6.45) is 6.26. The molecule has 0 heterocycles. The van der Waals surface area contributed by atoms with Crippen molar-refractivity contribution in [1.29, 1.82) is 0 Å². The zero-order chi connectivity index (χ0) is 12.1. The van der Waals surface area contributed by atoms with E-state index in [0.717, 1.165) is 32.6 Å². The van der Waals surface area contributed by atoms with Crippen LogP contribution in [0.3, 0.4) is 0 Å². The number of aliphatic hydroxyl groups is 1. The Bertz CT molecular complexity index is 136. The van der Waals surface area contributed by atoms with Gasteiger partial charge in [0, 0.05) is 12.8 Å². The molecular formula is C11H23ClO3.